The highest BCUT2D eigenvalue weighted by atomic mass is 15.1. The molecule has 0 bridgehead atoms. The van der Waals surface area contributed by atoms with E-state index in [1.165, 1.54) is 97.7 Å². The summed E-state index contributed by atoms with van der Waals surface area (Å²) >= 11 is 0. The average Bonchev–Trinajstić information content (AvgIpc) is 3.44. The molecule has 0 radical (unpaired) electrons. The normalized spacial score (nSPS) is 13.5. The van der Waals surface area contributed by atoms with Crippen LogP contribution >= 0.6 is 0 Å². The maximum absolute atomic E-state index is 2.49. The summed E-state index contributed by atoms with van der Waals surface area (Å²) in [4.78, 5) is 2.49. The zero-order valence-corrected chi connectivity index (χ0v) is 30.2. The van der Waals surface area contributed by atoms with E-state index in [1.807, 2.05) is 0 Å². The standard InChI is InChI=1S/C53H35N/c1-53(2)47-19-6-5-15-41(47)42-27-26-39(31-48(42)53)54(38-25-24-32-10-3-4-11-36(32)28-38)40-29-37-23-22-35-13-8-17-44-43-16-7-12-33-20-21-34-14-9-18-45(51(34)49(33)43)46(30-40)52(37)50(35)44/h3-31H,1-2H3. The molecule has 11 aromatic rings. The van der Waals surface area contributed by atoms with Gasteiger partial charge in [-0.3, -0.25) is 0 Å². The van der Waals surface area contributed by atoms with E-state index in [9.17, 15) is 0 Å². The van der Waals surface area contributed by atoms with Crippen molar-refractivity contribution < 1.29 is 0 Å². The van der Waals surface area contributed by atoms with Gasteiger partial charge < -0.3 is 4.90 Å². The summed E-state index contributed by atoms with van der Waals surface area (Å²) in [6.07, 6.45) is 0. The average molecular weight is 686 g/mol. The van der Waals surface area contributed by atoms with E-state index in [2.05, 4.69) is 195 Å². The summed E-state index contributed by atoms with van der Waals surface area (Å²) in [5.41, 5.74) is 8.77. The first-order valence-corrected chi connectivity index (χ1v) is 19.0. The lowest BCUT2D eigenvalue weighted by atomic mass is 9.82. The second-order valence-corrected chi connectivity index (χ2v) is 15.7. The third-order valence-electron chi connectivity index (χ3n) is 12.5. The molecule has 54 heavy (non-hydrogen) atoms. The van der Waals surface area contributed by atoms with Crippen LogP contribution in [0.3, 0.4) is 0 Å². The van der Waals surface area contributed by atoms with Gasteiger partial charge in [-0.05, 0) is 134 Å². The Labute approximate surface area is 313 Å². The van der Waals surface area contributed by atoms with Gasteiger partial charge >= 0.3 is 0 Å². The third-order valence-corrected chi connectivity index (χ3v) is 12.5. The van der Waals surface area contributed by atoms with E-state index in [0.29, 0.717) is 0 Å². The first-order valence-electron chi connectivity index (χ1n) is 19.0. The van der Waals surface area contributed by atoms with Crippen molar-refractivity contribution in [3.05, 3.63) is 187 Å². The Balaban J connectivity index is 1.23. The van der Waals surface area contributed by atoms with Crippen molar-refractivity contribution in [3.8, 4) is 11.1 Å². The SMILES string of the molecule is CC1(C)c2ccccc2-c2ccc(N(c3ccc4ccccc4c3)c3cc4ccc5cccc6c7cccc8ccc9cccc(c(c3)c4c56)c9c87)cc21. The Morgan fingerprint density at radius 3 is 1.50 bits per heavy atom. The molecule has 0 amide bonds. The highest BCUT2D eigenvalue weighted by Gasteiger charge is 2.35. The number of benzene rings is 10. The lowest BCUT2D eigenvalue weighted by molar-refractivity contribution is 0.660. The zero-order valence-electron chi connectivity index (χ0n) is 30.2. The predicted octanol–water partition coefficient (Wildman–Crippen LogP) is 15.0. The maximum Gasteiger partial charge on any atom is 0.0474 e. The van der Waals surface area contributed by atoms with E-state index in [4.69, 9.17) is 0 Å². The minimum Gasteiger partial charge on any atom is -0.310 e. The van der Waals surface area contributed by atoms with E-state index in [1.54, 1.807) is 0 Å². The third kappa shape index (κ3) is 3.99. The fraction of sp³-hybridized carbons (Fsp3) is 0.0566. The highest BCUT2D eigenvalue weighted by molar-refractivity contribution is 6.37. The maximum atomic E-state index is 2.49. The van der Waals surface area contributed by atoms with E-state index >= 15 is 0 Å². The van der Waals surface area contributed by atoms with Gasteiger partial charge in [-0.15, -0.1) is 0 Å². The second kappa shape index (κ2) is 10.7. The molecule has 0 saturated heterocycles. The number of nitrogens with zero attached hydrogens (tertiary/aromatic N) is 1. The number of rotatable bonds is 3. The molecular weight excluding hydrogens is 651 g/mol. The molecule has 1 aliphatic rings. The Hall–Kier alpha value is -6.70. The minimum absolute atomic E-state index is 0.112. The van der Waals surface area contributed by atoms with Gasteiger partial charge in [-0.1, -0.05) is 153 Å². The largest absolute Gasteiger partial charge is 0.310 e. The molecule has 252 valence electrons. The number of fused-ring (bicyclic) bond motifs is 6. The Morgan fingerprint density at radius 1 is 0.315 bits per heavy atom. The van der Waals surface area contributed by atoms with E-state index < -0.39 is 0 Å². The summed E-state index contributed by atoms with van der Waals surface area (Å²) in [5.74, 6) is 0. The van der Waals surface area contributed by atoms with Crippen molar-refractivity contribution in [3.63, 3.8) is 0 Å². The van der Waals surface area contributed by atoms with Crippen molar-refractivity contribution in [2.45, 2.75) is 19.3 Å². The van der Waals surface area contributed by atoms with Gasteiger partial charge in [0.1, 0.15) is 0 Å². The molecule has 0 atom stereocenters. The van der Waals surface area contributed by atoms with E-state index in [0.717, 1.165) is 17.1 Å². The first-order chi connectivity index (χ1) is 26.5. The van der Waals surface area contributed by atoms with Gasteiger partial charge in [0.15, 0.2) is 0 Å². The number of hydrogen-bond donors (Lipinski definition) is 0. The highest BCUT2D eigenvalue weighted by Crippen LogP contribution is 2.52. The van der Waals surface area contributed by atoms with Gasteiger partial charge in [0.2, 0.25) is 0 Å². The summed E-state index contributed by atoms with van der Waals surface area (Å²) in [5, 5.41) is 18.0. The minimum atomic E-state index is -0.112. The van der Waals surface area contributed by atoms with Crippen LogP contribution in [0.1, 0.15) is 25.0 Å². The molecule has 11 aromatic carbocycles. The Bertz CT molecular complexity index is 3360. The van der Waals surface area contributed by atoms with Gasteiger partial charge in [0.05, 0.1) is 0 Å². The van der Waals surface area contributed by atoms with Crippen LogP contribution in [-0.4, -0.2) is 0 Å². The lowest BCUT2D eigenvalue weighted by Gasteiger charge is -2.29. The van der Waals surface area contributed by atoms with Crippen LogP contribution in [0, 0.1) is 0 Å². The van der Waals surface area contributed by atoms with Crippen LogP contribution in [0.25, 0.3) is 86.5 Å². The fourth-order valence-electron chi connectivity index (χ4n) is 9.99. The smallest absolute Gasteiger partial charge is 0.0474 e. The molecule has 1 nitrogen and oxygen atoms in total. The molecule has 0 aromatic heterocycles. The summed E-state index contributed by atoms with van der Waals surface area (Å²) in [6.45, 7) is 4.74. The molecular formula is C53H35N. The molecule has 0 N–H and O–H groups in total. The van der Waals surface area contributed by atoms with Gasteiger partial charge in [0.25, 0.3) is 0 Å². The van der Waals surface area contributed by atoms with Crippen LogP contribution < -0.4 is 4.90 Å². The van der Waals surface area contributed by atoms with Crippen molar-refractivity contribution in [2.75, 3.05) is 4.90 Å². The van der Waals surface area contributed by atoms with Crippen LogP contribution in [0.5, 0.6) is 0 Å². The lowest BCUT2D eigenvalue weighted by Crippen LogP contribution is -2.16. The van der Waals surface area contributed by atoms with E-state index in [-0.39, 0.29) is 5.41 Å². The van der Waals surface area contributed by atoms with Crippen LogP contribution in [0.4, 0.5) is 17.1 Å². The second-order valence-electron chi connectivity index (χ2n) is 15.7. The van der Waals surface area contributed by atoms with Crippen molar-refractivity contribution >= 4 is 92.5 Å². The van der Waals surface area contributed by atoms with Gasteiger partial charge in [0, 0.05) is 22.5 Å². The number of hydrogen-bond acceptors (Lipinski definition) is 1. The fourth-order valence-corrected chi connectivity index (χ4v) is 9.99. The summed E-state index contributed by atoms with van der Waals surface area (Å²) < 4.78 is 0. The predicted molar refractivity (Wildman–Crippen MR) is 232 cm³/mol. The van der Waals surface area contributed by atoms with Crippen molar-refractivity contribution in [2.24, 2.45) is 0 Å². The molecule has 1 heteroatoms. The molecule has 0 aliphatic heterocycles. The molecule has 0 unspecified atom stereocenters. The monoisotopic (exact) mass is 685 g/mol. The molecule has 0 fully saturated rings. The molecule has 1 aliphatic carbocycles. The van der Waals surface area contributed by atoms with Crippen LogP contribution in [0.15, 0.2) is 176 Å². The van der Waals surface area contributed by atoms with Crippen molar-refractivity contribution in [1.82, 2.24) is 0 Å². The number of anilines is 3. The first kappa shape index (κ1) is 29.8. The molecule has 0 saturated carbocycles. The van der Waals surface area contributed by atoms with Crippen LogP contribution in [0.2, 0.25) is 0 Å². The molecule has 0 heterocycles. The summed E-state index contributed by atoms with van der Waals surface area (Å²) in [7, 11) is 0. The van der Waals surface area contributed by atoms with Crippen LogP contribution in [-0.2, 0) is 5.41 Å². The van der Waals surface area contributed by atoms with Gasteiger partial charge in [-0.25, -0.2) is 0 Å². The quantitative estimate of drug-likeness (QED) is 0.167. The van der Waals surface area contributed by atoms with Gasteiger partial charge in [-0.2, -0.15) is 0 Å². The Morgan fingerprint density at radius 2 is 0.796 bits per heavy atom. The summed E-state index contributed by atoms with van der Waals surface area (Å²) in [6, 6.07) is 66.3. The molecule has 12 rings (SSSR count). The van der Waals surface area contributed by atoms with Crippen molar-refractivity contribution in [1.29, 1.82) is 0 Å². The zero-order chi connectivity index (χ0) is 35.7. The molecule has 0 spiro atoms. The Kier molecular flexibility index (Phi) is 5.90. The topological polar surface area (TPSA) is 3.24 Å².